The number of ether oxygens (including phenoxy) is 2. The topological polar surface area (TPSA) is 125 Å². The predicted octanol–water partition coefficient (Wildman–Crippen LogP) is 6.24. The van der Waals surface area contributed by atoms with Gasteiger partial charge in [-0.3, -0.25) is 9.59 Å². The zero-order valence-corrected chi connectivity index (χ0v) is 24.9. The lowest BCUT2D eigenvalue weighted by atomic mass is 9.94. The SMILES string of the molecule is CCOC(=O)CC(C(=O)Nc1c(N)cc(Cl)c(-c2ccccc2)c1OC(C)C)c1ccc(S(=O)(=O)CC2CC2)cc1. The van der Waals surface area contributed by atoms with E-state index in [9.17, 15) is 18.0 Å². The van der Waals surface area contributed by atoms with E-state index in [1.807, 2.05) is 44.2 Å². The average Bonchev–Trinajstić information content (AvgIpc) is 3.73. The maximum Gasteiger partial charge on any atom is 0.306 e. The second-order valence-electron chi connectivity index (χ2n) is 10.4. The number of halogens is 1. The number of anilines is 2. The van der Waals surface area contributed by atoms with Crippen LogP contribution in [-0.4, -0.2) is 38.8 Å². The molecule has 218 valence electrons. The van der Waals surface area contributed by atoms with Crippen LogP contribution in [0.15, 0.2) is 65.6 Å². The van der Waals surface area contributed by atoms with Crippen molar-refractivity contribution < 1.29 is 27.5 Å². The molecule has 0 aromatic heterocycles. The number of esters is 1. The number of rotatable bonds is 12. The Kier molecular flexibility index (Phi) is 9.60. The van der Waals surface area contributed by atoms with Crippen molar-refractivity contribution in [2.75, 3.05) is 23.4 Å². The Labute approximate surface area is 246 Å². The van der Waals surface area contributed by atoms with Gasteiger partial charge in [0.05, 0.1) is 46.4 Å². The van der Waals surface area contributed by atoms with E-state index in [-0.39, 0.29) is 47.1 Å². The number of nitrogens with two attached hydrogens (primary N) is 1. The third-order valence-corrected chi connectivity index (χ3v) is 8.91. The van der Waals surface area contributed by atoms with Gasteiger partial charge in [0.25, 0.3) is 0 Å². The number of nitrogens with one attached hydrogen (secondary N) is 1. The highest BCUT2D eigenvalue weighted by molar-refractivity contribution is 7.91. The number of hydrogen-bond acceptors (Lipinski definition) is 7. The molecule has 1 aliphatic carbocycles. The lowest BCUT2D eigenvalue weighted by Gasteiger charge is -2.23. The van der Waals surface area contributed by atoms with Crippen LogP contribution in [0.5, 0.6) is 5.75 Å². The van der Waals surface area contributed by atoms with Gasteiger partial charge in [-0.2, -0.15) is 0 Å². The fourth-order valence-electron chi connectivity index (χ4n) is 4.56. The molecule has 1 saturated carbocycles. The first-order valence-corrected chi connectivity index (χ1v) is 15.7. The second kappa shape index (κ2) is 13.0. The Hall–Kier alpha value is -3.56. The van der Waals surface area contributed by atoms with Crippen molar-refractivity contribution >= 4 is 44.7 Å². The molecule has 3 aromatic carbocycles. The van der Waals surface area contributed by atoms with Crippen LogP contribution < -0.4 is 15.8 Å². The molecule has 0 saturated heterocycles. The van der Waals surface area contributed by atoms with Gasteiger partial charge in [-0.1, -0.05) is 54.1 Å². The summed E-state index contributed by atoms with van der Waals surface area (Å²) in [4.78, 5) is 26.6. The van der Waals surface area contributed by atoms with Gasteiger partial charge in [0.15, 0.2) is 15.6 Å². The largest absolute Gasteiger partial charge is 0.488 e. The van der Waals surface area contributed by atoms with Gasteiger partial charge in [0, 0.05) is 5.56 Å². The lowest BCUT2D eigenvalue weighted by Crippen LogP contribution is -2.25. The molecule has 3 N–H and O–H groups in total. The van der Waals surface area contributed by atoms with E-state index in [1.165, 1.54) is 12.1 Å². The van der Waals surface area contributed by atoms with E-state index in [4.69, 9.17) is 26.8 Å². The van der Waals surface area contributed by atoms with E-state index < -0.39 is 27.6 Å². The minimum atomic E-state index is -3.44. The van der Waals surface area contributed by atoms with Crippen LogP contribution in [0, 0.1) is 5.92 Å². The molecular weight excluding hydrogens is 564 g/mol. The monoisotopic (exact) mass is 598 g/mol. The molecular formula is C31H35ClN2O6S. The zero-order chi connectivity index (χ0) is 29.7. The molecule has 8 nitrogen and oxygen atoms in total. The van der Waals surface area contributed by atoms with E-state index in [0.717, 1.165) is 18.4 Å². The molecule has 0 radical (unpaired) electrons. The first kappa shape index (κ1) is 30.4. The van der Waals surface area contributed by atoms with Crippen molar-refractivity contribution in [3.05, 3.63) is 71.2 Å². The maximum absolute atomic E-state index is 13.8. The summed E-state index contributed by atoms with van der Waals surface area (Å²) in [6.45, 7) is 5.53. The number of benzene rings is 3. The molecule has 0 aliphatic heterocycles. The first-order valence-electron chi connectivity index (χ1n) is 13.6. The molecule has 1 fully saturated rings. The molecule has 0 spiro atoms. The summed E-state index contributed by atoms with van der Waals surface area (Å²) in [5.74, 6) is -1.47. The zero-order valence-electron chi connectivity index (χ0n) is 23.4. The van der Waals surface area contributed by atoms with Gasteiger partial charge in [0.2, 0.25) is 5.91 Å². The van der Waals surface area contributed by atoms with Crippen molar-refractivity contribution in [1.29, 1.82) is 0 Å². The molecule has 0 bridgehead atoms. The van der Waals surface area contributed by atoms with Crippen molar-refractivity contribution in [1.82, 2.24) is 0 Å². The molecule has 4 rings (SSSR count). The van der Waals surface area contributed by atoms with Gasteiger partial charge in [-0.15, -0.1) is 0 Å². The predicted molar refractivity (Wildman–Crippen MR) is 161 cm³/mol. The number of amides is 1. The van der Waals surface area contributed by atoms with Crippen LogP contribution in [0.3, 0.4) is 0 Å². The normalized spacial score (nSPS) is 14.0. The number of nitrogen functional groups attached to an aromatic ring is 1. The highest BCUT2D eigenvalue weighted by Crippen LogP contribution is 2.46. The molecule has 3 aromatic rings. The van der Waals surface area contributed by atoms with Crippen molar-refractivity contribution in [3.63, 3.8) is 0 Å². The van der Waals surface area contributed by atoms with Crippen molar-refractivity contribution in [3.8, 4) is 16.9 Å². The highest BCUT2D eigenvalue weighted by atomic mass is 35.5. The van der Waals surface area contributed by atoms with Gasteiger partial charge in [0.1, 0.15) is 5.69 Å². The number of carbonyl (C=O) groups excluding carboxylic acids is 2. The Morgan fingerprint density at radius 1 is 1.07 bits per heavy atom. The quantitative estimate of drug-likeness (QED) is 0.187. The Morgan fingerprint density at radius 2 is 1.73 bits per heavy atom. The minimum Gasteiger partial charge on any atom is -0.488 e. The van der Waals surface area contributed by atoms with Crippen LogP contribution in [-0.2, 0) is 24.2 Å². The molecule has 10 heteroatoms. The van der Waals surface area contributed by atoms with Gasteiger partial charge in [-0.25, -0.2) is 8.42 Å². The smallest absolute Gasteiger partial charge is 0.306 e. The molecule has 41 heavy (non-hydrogen) atoms. The van der Waals surface area contributed by atoms with Crippen LogP contribution in [0.2, 0.25) is 5.02 Å². The number of carbonyl (C=O) groups is 2. The minimum absolute atomic E-state index is 0.108. The van der Waals surface area contributed by atoms with E-state index in [0.29, 0.717) is 21.9 Å². The van der Waals surface area contributed by atoms with Crippen LogP contribution >= 0.6 is 11.6 Å². The summed E-state index contributed by atoms with van der Waals surface area (Å²) < 4.78 is 36.8. The third-order valence-electron chi connectivity index (χ3n) is 6.71. The first-order chi connectivity index (χ1) is 19.5. The summed E-state index contributed by atoms with van der Waals surface area (Å²) in [5, 5.41) is 3.23. The Bertz CT molecular complexity index is 1500. The molecule has 1 atom stereocenters. The van der Waals surface area contributed by atoms with E-state index in [2.05, 4.69) is 5.32 Å². The second-order valence-corrected chi connectivity index (χ2v) is 12.8. The van der Waals surface area contributed by atoms with Gasteiger partial charge >= 0.3 is 5.97 Å². The van der Waals surface area contributed by atoms with Crippen LogP contribution in [0.4, 0.5) is 11.4 Å². The van der Waals surface area contributed by atoms with E-state index >= 15 is 0 Å². The van der Waals surface area contributed by atoms with Gasteiger partial charge in [-0.05, 0) is 68.9 Å². The molecule has 1 amide bonds. The van der Waals surface area contributed by atoms with E-state index in [1.54, 1.807) is 25.1 Å². The fraction of sp³-hybridized carbons (Fsp3) is 0.355. The number of sulfone groups is 1. The van der Waals surface area contributed by atoms with Crippen molar-refractivity contribution in [2.24, 2.45) is 5.92 Å². The molecule has 1 aliphatic rings. The Balaban J connectivity index is 1.72. The summed E-state index contributed by atoms with van der Waals surface area (Å²) >= 11 is 6.63. The number of hydrogen-bond donors (Lipinski definition) is 2. The molecule has 0 heterocycles. The maximum atomic E-state index is 13.8. The van der Waals surface area contributed by atoms with Crippen molar-refractivity contribution in [2.45, 2.75) is 57.0 Å². The average molecular weight is 599 g/mol. The summed E-state index contributed by atoms with van der Waals surface area (Å²) in [6.07, 6.45) is 1.31. The Morgan fingerprint density at radius 3 is 2.32 bits per heavy atom. The van der Waals surface area contributed by atoms with Gasteiger partial charge < -0.3 is 20.5 Å². The summed E-state index contributed by atoms with van der Waals surface area (Å²) in [7, 11) is -3.44. The lowest BCUT2D eigenvalue weighted by molar-refractivity contribution is -0.144. The summed E-state index contributed by atoms with van der Waals surface area (Å²) in [6, 6.07) is 17.0. The van der Waals surface area contributed by atoms with Crippen LogP contribution in [0.1, 0.15) is 51.5 Å². The third kappa shape index (κ3) is 7.59. The van der Waals surface area contributed by atoms with Crippen LogP contribution in [0.25, 0.3) is 11.1 Å². The molecule has 1 unspecified atom stereocenters. The highest BCUT2D eigenvalue weighted by Gasteiger charge is 2.31. The standard InChI is InChI=1S/C31H35ClN2O6S/c1-4-39-27(35)16-24(21-12-14-23(15-13-21)41(37,38)18-20-10-11-20)31(36)34-29-26(33)17-25(32)28(30(29)40-19(2)3)22-8-6-5-7-9-22/h5-9,12-15,17,19-20,24H,4,10-11,16,18,33H2,1-3H3,(H,34,36). The summed E-state index contributed by atoms with van der Waals surface area (Å²) in [5.41, 5.74) is 8.57. The fourth-order valence-corrected chi connectivity index (χ4v) is 6.57.